The number of hydrogen-bond acceptors (Lipinski definition) is 4. The van der Waals surface area contributed by atoms with E-state index in [0.29, 0.717) is 10.6 Å². The van der Waals surface area contributed by atoms with Gasteiger partial charge in [0, 0.05) is 10.4 Å². The van der Waals surface area contributed by atoms with Crippen LogP contribution in [0.2, 0.25) is 0 Å². The van der Waals surface area contributed by atoms with Gasteiger partial charge in [0.25, 0.3) is 0 Å². The molecule has 2 aromatic heterocycles. The van der Waals surface area contributed by atoms with Gasteiger partial charge in [0.05, 0.1) is 6.21 Å². The van der Waals surface area contributed by atoms with Gasteiger partial charge in [-0.15, -0.1) is 11.3 Å². The van der Waals surface area contributed by atoms with Gasteiger partial charge < -0.3 is 0 Å². The number of halogens is 1. The lowest BCUT2D eigenvalue weighted by Gasteiger charge is -2.00. The largest absolute Gasteiger partial charge is 0.250 e. The van der Waals surface area contributed by atoms with E-state index in [4.69, 9.17) is 12.2 Å². The highest BCUT2D eigenvalue weighted by atomic mass is 32.1. The first-order chi connectivity index (χ1) is 9.74. The fraction of sp³-hybridized carbons (Fsp3) is 0. The molecule has 2 heterocycles. The maximum Gasteiger partial charge on any atom is 0.216 e. The van der Waals surface area contributed by atoms with Crippen molar-refractivity contribution in [3.8, 4) is 11.4 Å². The topological polar surface area (TPSA) is 46.0 Å². The Balaban J connectivity index is 2.01. The van der Waals surface area contributed by atoms with Crippen molar-refractivity contribution in [1.82, 2.24) is 14.9 Å². The maximum atomic E-state index is 13.0. The Labute approximate surface area is 123 Å². The van der Waals surface area contributed by atoms with Crippen molar-refractivity contribution in [2.75, 3.05) is 0 Å². The van der Waals surface area contributed by atoms with Crippen LogP contribution < -0.4 is 0 Å². The monoisotopic (exact) mass is 304 g/mol. The van der Waals surface area contributed by atoms with Crippen LogP contribution in [-0.2, 0) is 0 Å². The highest BCUT2D eigenvalue weighted by Gasteiger charge is 2.07. The van der Waals surface area contributed by atoms with E-state index in [0.717, 1.165) is 10.4 Å². The summed E-state index contributed by atoms with van der Waals surface area (Å²) in [5, 5.41) is 13.1. The molecule has 0 amide bonds. The first-order valence-electron chi connectivity index (χ1n) is 5.75. The molecule has 0 spiro atoms. The number of hydrogen-bond donors (Lipinski definition) is 1. The molecule has 100 valence electrons. The average Bonchev–Trinajstić information content (AvgIpc) is 3.07. The van der Waals surface area contributed by atoms with Crippen LogP contribution in [-0.4, -0.2) is 21.1 Å². The van der Waals surface area contributed by atoms with Gasteiger partial charge in [-0.3, -0.25) is 0 Å². The standard InChI is InChI=1S/C13H9FN4S2/c14-10-5-3-9(4-6-10)12-16-17-13(19)18(12)15-8-11-2-1-7-20-11/h1-8H,(H,17,19)/b15-8+. The zero-order valence-electron chi connectivity index (χ0n) is 10.2. The maximum absolute atomic E-state index is 13.0. The molecule has 0 saturated heterocycles. The Bertz CT molecular complexity index is 785. The van der Waals surface area contributed by atoms with Crippen molar-refractivity contribution >= 4 is 29.8 Å². The molecule has 1 N–H and O–H groups in total. The smallest absolute Gasteiger partial charge is 0.216 e. The minimum atomic E-state index is -0.295. The normalized spacial score (nSPS) is 11.2. The zero-order chi connectivity index (χ0) is 13.9. The molecule has 3 rings (SSSR count). The Kier molecular flexibility index (Phi) is 3.53. The summed E-state index contributed by atoms with van der Waals surface area (Å²) < 4.78 is 14.9. The van der Waals surface area contributed by atoms with Gasteiger partial charge >= 0.3 is 0 Å². The minimum Gasteiger partial charge on any atom is -0.250 e. The number of thiophene rings is 1. The summed E-state index contributed by atoms with van der Waals surface area (Å²) in [6.45, 7) is 0. The number of nitrogens with zero attached hydrogens (tertiary/aromatic N) is 3. The van der Waals surface area contributed by atoms with Crippen molar-refractivity contribution in [3.05, 3.63) is 57.2 Å². The van der Waals surface area contributed by atoms with Gasteiger partial charge in [-0.25, -0.2) is 9.49 Å². The van der Waals surface area contributed by atoms with Crippen LogP contribution in [0.3, 0.4) is 0 Å². The third kappa shape index (κ3) is 2.59. The molecule has 0 aliphatic rings. The van der Waals surface area contributed by atoms with Crippen molar-refractivity contribution in [1.29, 1.82) is 0 Å². The van der Waals surface area contributed by atoms with Crippen molar-refractivity contribution in [2.24, 2.45) is 5.10 Å². The summed E-state index contributed by atoms with van der Waals surface area (Å²) in [6, 6.07) is 9.92. The number of aromatic amines is 1. The second kappa shape index (κ2) is 5.48. The third-order valence-corrected chi connectivity index (χ3v) is 3.67. The van der Waals surface area contributed by atoms with Crippen molar-refractivity contribution in [2.45, 2.75) is 0 Å². The van der Waals surface area contributed by atoms with E-state index in [1.165, 1.54) is 16.8 Å². The van der Waals surface area contributed by atoms with Crippen LogP contribution in [0.25, 0.3) is 11.4 Å². The predicted octanol–water partition coefficient (Wildman–Crippen LogP) is 3.69. The summed E-state index contributed by atoms with van der Waals surface area (Å²) in [5.74, 6) is 0.249. The van der Waals surface area contributed by atoms with Crippen LogP contribution in [0.4, 0.5) is 4.39 Å². The summed E-state index contributed by atoms with van der Waals surface area (Å²) in [4.78, 5) is 1.01. The van der Waals surface area contributed by atoms with Crippen LogP contribution in [0.5, 0.6) is 0 Å². The summed E-state index contributed by atoms with van der Waals surface area (Å²) >= 11 is 6.73. The van der Waals surface area contributed by atoms with Crippen LogP contribution in [0.15, 0.2) is 46.9 Å². The van der Waals surface area contributed by atoms with E-state index < -0.39 is 0 Å². The Hall–Kier alpha value is -2.12. The van der Waals surface area contributed by atoms with E-state index in [9.17, 15) is 4.39 Å². The SMILES string of the molecule is Fc1ccc(-c2n[nH]c(=S)n2/N=C/c2cccs2)cc1. The van der Waals surface area contributed by atoms with E-state index in [2.05, 4.69) is 15.3 Å². The molecule has 0 atom stereocenters. The van der Waals surface area contributed by atoms with Gasteiger partial charge in [-0.2, -0.15) is 14.9 Å². The average molecular weight is 304 g/mol. The Morgan fingerprint density at radius 2 is 2.10 bits per heavy atom. The minimum absolute atomic E-state index is 0.295. The summed E-state index contributed by atoms with van der Waals surface area (Å²) in [6.07, 6.45) is 1.71. The highest BCUT2D eigenvalue weighted by molar-refractivity contribution is 7.71. The molecule has 0 radical (unpaired) electrons. The zero-order valence-corrected chi connectivity index (χ0v) is 11.8. The van der Waals surface area contributed by atoms with Gasteiger partial charge in [-0.1, -0.05) is 6.07 Å². The lowest BCUT2D eigenvalue weighted by molar-refractivity contribution is 0.628. The molecule has 1 aromatic carbocycles. The van der Waals surface area contributed by atoms with Gasteiger partial charge in [0.2, 0.25) is 4.77 Å². The third-order valence-electron chi connectivity index (χ3n) is 2.60. The fourth-order valence-corrected chi connectivity index (χ4v) is 2.42. The molecular weight excluding hydrogens is 295 g/mol. The second-order valence-corrected chi connectivity index (χ2v) is 5.30. The predicted molar refractivity (Wildman–Crippen MR) is 80.1 cm³/mol. The van der Waals surface area contributed by atoms with Gasteiger partial charge in [0.1, 0.15) is 5.82 Å². The molecule has 0 fully saturated rings. The van der Waals surface area contributed by atoms with Crippen molar-refractivity contribution in [3.63, 3.8) is 0 Å². The number of rotatable bonds is 3. The number of nitrogens with one attached hydrogen (secondary N) is 1. The molecule has 0 unspecified atom stereocenters. The Morgan fingerprint density at radius 3 is 2.80 bits per heavy atom. The molecule has 3 aromatic rings. The fourth-order valence-electron chi connectivity index (χ4n) is 1.66. The number of benzene rings is 1. The van der Waals surface area contributed by atoms with Gasteiger partial charge in [0.15, 0.2) is 5.82 Å². The van der Waals surface area contributed by atoms with Crippen LogP contribution >= 0.6 is 23.6 Å². The number of aromatic nitrogens is 3. The highest BCUT2D eigenvalue weighted by Crippen LogP contribution is 2.17. The molecule has 0 aliphatic carbocycles. The van der Waals surface area contributed by atoms with Gasteiger partial charge in [-0.05, 0) is 47.9 Å². The quantitative estimate of drug-likeness (QED) is 0.592. The number of H-pyrrole nitrogens is 1. The molecule has 0 saturated carbocycles. The van der Waals surface area contributed by atoms with E-state index >= 15 is 0 Å². The lowest BCUT2D eigenvalue weighted by atomic mass is 10.2. The summed E-state index contributed by atoms with van der Waals surface area (Å²) in [5.41, 5.74) is 0.738. The molecule has 0 bridgehead atoms. The Morgan fingerprint density at radius 1 is 1.30 bits per heavy atom. The van der Waals surface area contributed by atoms with Crippen molar-refractivity contribution < 1.29 is 4.39 Å². The molecule has 20 heavy (non-hydrogen) atoms. The van der Waals surface area contributed by atoms with E-state index in [-0.39, 0.29) is 5.82 Å². The first-order valence-corrected chi connectivity index (χ1v) is 7.04. The first kappa shape index (κ1) is 12.9. The molecule has 0 aliphatic heterocycles. The van der Waals surface area contributed by atoms with Crippen LogP contribution in [0, 0.1) is 10.6 Å². The molecule has 4 nitrogen and oxygen atoms in total. The molecular formula is C13H9FN4S2. The second-order valence-electron chi connectivity index (χ2n) is 3.93. The lowest BCUT2D eigenvalue weighted by Crippen LogP contribution is -1.94. The summed E-state index contributed by atoms with van der Waals surface area (Å²) in [7, 11) is 0. The van der Waals surface area contributed by atoms with E-state index in [1.54, 1.807) is 29.7 Å². The molecule has 7 heteroatoms. The van der Waals surface area contributed by atoms with Crippen LogP contribution in [0.1, 0.15) is 4.88 Å². The van der Waals surface area contributed by atoms with E-state index in [1.807, 2.05) is 17.5 Å².